The molecule has 3 nitrogen and oxygen atoms in total. The molecule has 0 saturated heterocycles. The van der Waals surface area contributed by atoms with Crippen molar-refractivity contribution in [1.82, 2.24) is 0 Å². The molecule has 0 bridgehead atoms. The molecule has 0 spiro atoms. The van der Waals surface area contributed by atoms with E-state index in [1.807, 2.05) is 24.3 Å². The van der Waals surface area contributed by atoms with Crippen molar-refractivity contribution >= 4 is 0 Å². The van der Waals surface area contributed by atoms with E-state index in [1.54, 1.807) is 6.08 Å². The Morgan fingerprint density at radius 1 is 0.833 bits per heavy atom. The van der Waals surface area contributed by atoms with Crippen molar-refractivity contribution < 1.29 is 14.2 Å². The molecule has 0 aliphatic rings. The Bertz CT molecular complexity index is 654. The van der Waals surface area contributed by atoms with Crippen LogP contribution in [-0.4, -0.2) is 13.4 Å². The highest BCUT2D eigenvalue weighted by Gasteiger charge is 2.23. The van der Waals surface area contributed by atoms with E-state index >= 15 is 0 Å². The van der Waals surface area contributed by atoms with Crippen LogP contribution in [0.15, 0.2) is 74.0 Å². The Morgan fingerprint density at radius 3 is 1.79 bits per heavy atom. The Morgan fingerprint density at radius 2 is 1.33 bits per heavy atom. The third kappa shape index (κ3) is 4.42. The second-order valence-corrected chi connectivity index (χ2v) is 5.87. The van der Waals surface area contributed by atoms with E-state index < -0.39 is 0 Å². The smallest absolute Gasteiger partial charge is 0.229 e. The van der Waals surface area contributed by atoms with Crippen LogP contribution in [0.4, 0.5) is 0 Å². The molecule has 0 atom stereocenters. The third-order valence-corrected chi connectivity index (χ3v) is 3.93. The first kappa shape index (κ1) is 17.7. The lowest BCUT2D eigenvalue weighted by Crippen LogP contribution is -2.18. The maximum Gasteiger partial charge on any atom is 0.229 e. The molecule has 126 valence electrons. The zero-order valence-electron chi connectivity index (χ0n) is 14.3. The number of hydrogen-bond donors (Lipinski definition) is 0. The summed E-state index contributed by atoms with van der Waals surface area (Å²) < 4.78 is 16.0. The van der Waals surface area contributed by atoms with Gasteiger partial charge in [-0.1, -0.05) is 57.3 Å². The molecule has 0 aliphatic heterocycles. The van der Waals surface area contributed by atoms with Crippen molar-refractivity contribution in [1.29, 1.82) is 0 Å². The van der Waals surface area contributed by atoms with Crippen LogP contribution < -0.4 is 9.47 Å². The normalized spacial score (nSPS) is 10.8. The van der Waals surface area contributed by atoms with Crippen LogP contribution >= 0.6 is 0 Å². The molecule has 0 saturated carbocycles. The highest BCUT2D eigenvalue weighted by molar-refractivity contribution is 5.41. The average molecular weight is 324 g/mol. The van der Waals surface area contributed by atoms with Gasteiger partial charge in [-0.2, -0.15) is 0 Å². The molecule has 0 amide bonds. The van der Waals surface area contributed by atoms with Crippen molar-refractivity contribution in [2.75, 3.05) is 13.4 Å². The maximum atomic E-state index is 5.54. The van der Waals surface area contributed by atoms with Crippen LogP contribution in [0.1, 0.15) is 25.0 Å². The first-order valence-electron chi connectivity index (χ1n) is 7.88. The molecule has 2 rings (SSSR count). The predicted molar refractivity (Wildman–Crippen MR) is 97.5 cm³/mol. The molecule has 0 unspecified atom stereocenters. The SMILES string of the molecule is C=CCOc1ccc(C(C)(C)c2ccc(OCOC=C)cc2)cc1. The second-order valence-electron chi connectivity index (χ2n) is 5.87. The minimum absolute atomic E-state index is 0.118. The minimum Gasteiger partial charge on any atom is -0.490 e. The summed E-state index contributed by atoms with van der Waals surface area (Å²) >= 11 is 0. The van der Waals surface area contributed by atoms with E-state index in [0.29, 0.717) is 6.61 Å². The summed E-state index contributed by atoms with van der Waals surface area (Å²) in [6, 6.07) is 16.2. The van der Waals surface area contributed by atoms with E-state index in [0.717, 1.165) is 11.5 Å². The van der Waals surface area contributed by atoms with Crippen molar-refractivity contribution in [2.45, 2.75) is 19.3 Å². The number of rotatable bonds is 9. The summed E-state index contributed by atoms with van der Waals surface area (Å²) in [4.78, 5) is 0. The molecule has 2 aromatic rings. The Kier molecular flexibility index (Phi) is 6.07. The highest BCUT2D eigenvalue weighted by atomic mass is 16.7. The van der Waals surface area contributed by atoms with E-state index in [1.165, 1.54) is 17.4 Å². The first-order valence-corrected chi connectivity index (χ1v) is 7.88. The molecule has 0 aliphatic carbocycles. The summed E-state index contributed by atoms with van der Waals surface area (Å²) in [6.07, 6.45) is 3.10. The molecule has 2 aromatic carbocycles. The van der Waals surface area contributed by atoms with Gasteiger partial charge in [-0.25, -0.2) is 0 Å². The van der Waals surface area contributed by atoms with Gasteiger partial charge in [0.15, 0.2) is 0 Å². The van der Waals surface area contributed by atoms with Gasteiger partial charge < -0.3 is 14.2 Å². The molecule has 0 radical (unpaired) electrons. The fourth-order valence-electron chi connectivity index (χ4n) is 2.41. The van der Waals surface area contributed by atoms with Crippen molar-refractivity contribution in [3.05, 3.63) is 85.2 Å². The van der Waals surface area contributed by atoms with Gasteiger partial charge in [-0.05, 0) is 35.4 Å². The predicted octanol–water partition coefficient (Wildman–Crippen LogP) is 5.07. The molecule has 0 fully saturated rings. The number of ether oxygens (including phenoxy) is 3. The van der Waals surface area contributed by atoms with Crippen molar-refractivity contribution in [3.63, 3.8) is 0 Å². The molecular formula is C21H24O3. The molecule has 0 heterocycles. The van der Waals surface area contributed by atoms with Gasteiger partial charge >= 0.3 is 0 Å². The number of benzene rings is 2. The van der Waals surface area contributed by atoms with Gasteiger partial charge in [0.1, 0.15) is 18.1 Å². The van der Waals surface area contributed by atoms with Gasteiger partial charge in [-0.3, -0.25) is 0 Å². The quantitative estimate of drug-likeness (QED) is 0.279. The van der Waals surface area contributed by atoms with Crippen LogP contribution in [0, 0.1) is 0 Å². The molecule has 0 aromatic heterocycles. The molecular weight excluding hydrogens is 300 g/mol. The van der Waals surface area contributed by atoms with Crippen molar-refractivity contribution in [2.24, 2.45) is 0 Å². The van der Waals surface area contributed by atoms with Crippen LogP contribution in [0.25, 0.3) is 0 Å². The monoisotopic (exact) mass is 324 g/mol. The van der Waals surface area contributed by atoms with Gasteiger partial charge in [0.2, 0.25) is 6.79 Å². The van der Waals surface area contributed by atoms with E-state index in [-0.39, 0.29) is 12.2 Å². The zero-order chi connectivity index (χ0) is 17.4. The lowest BCUT2D eigenvalue weighted by Gasteiger charge is -2.26. The van der Waals surface area contributed by atoms with Gasteiger partial charge in [0.05, 0.1) is 6.26 Å². The van der Waals surface area contributed by atoms with E-state index in [2.05, 4.69) is 51.3 Å². The van der Waals surface area contributed by atoms with Crippen LogP contribution in [-0.2, 0) is 10.2 Å². The van der Waals surface area contributed by atoms with Crippen molar-refractivity contribution in [3.8, 4) is 11.5 Å². The van der Waals surface area contributed by atoms with E-state index in [4.69, 9.17) is 14.2 Å². The lowest BCUT2D eigenvalue weighted by atomic mass is 9.78. The zero-order valence-corrected chi connectivity index (χ0v) is 14.3. The topological polar surface area (TPSA) is 27.7 Å². The Hall–Kier alpha value is -2.68. The molecule has 24 heavy (non-hydrogen) atoms. The van der Waals surface area contributed by atoms with Crippen LogP contribution in [0.2, 0.25) is 0 Å². The summed E-state index contributed by atoms with van der Waals surface area (Å²) in [5, 5.41) is 0. The fourth-order valence-corrected chi connectivity index (χ4v) is 2.41. The summed E-state index contributed by atoms with van der Waals surface area (Å²) in [6.45, 7) is 12.2. The van der Waals surface area contributed by atoms with Gasteiger partial charge in [0, 0.05) is 5.41 Å². The van der Waals surface area contributed by atoms with E-state index in [9.17, 15) is 0 Å². The minimum atomic E-state index is -0.118. The lowest BCUT2D eigenvalue weighted by molar-refractivity contribution is 0.0806. The largest absolute Gasteiger partial charge is 0.490 e. The average Bonchev–Trinajstić information content (AvgIpc) is 2.61. The molecule has 0 N–H and O–H groups in total. The Balaban J connectivity index is 2.10. The standard InChI is InChI=1S/C21H24O3/c1-5-15-23-19-11-7-17(8-12-19)21(3,4)18-9-13-20(14-10-18)24-16-22-6-2/h5-14H,1-2,15-16H2,3-4H3. The fraction of sp³-hybridized carbons (Fsp3) is 0.238. The van der Waals surface area contributed by atoms with Crippen LogP contribution in [0.3, 0.4) is 0 Å². The third-order valence-electron chi connectivity index (χ3n) is 3.93. The summed E-state index contributed by atoms with van der Waals surface area (Å²) in [7, 11) is 0. The van der Waals surface area contributed by atoms with Crippen LogP contribution in [0.5, 0.6) is 11.5 Å². The Labute approximate surface area is 144 Å². The second kappa shape index (κ2) is 8.25. The number of hydrogen-bond acceptors (Lipinski definition) is 3. The summed E-state index contributed by atoms with van der Waals surface area (Å²) in [5.41, 5.74) is 2.31. The molecule has 3 heteroatoms. The van der Waals surface area contributed by atoms with Gasteiger partial charge in [-0.15, -0.1) is 0 Å². The first-order chi connectivity index (χ1) is 11.6. The van der Waals surface area contributed by atoms with Gasteiger partial charge in [0.25, 0.3) is 0 Å². The summed E-state index contributed by atoms with van der Waals surface area (Å²) in [5.74, 6) is 1.62. The highest BCUT2D eigenvalue weighted by Crippen LogP contribution is 2.33. The maximum absolute atomic E-state index is 5.54.